The molecule has 32 heavy (non-hydrogen) atoms. The second kappa shape index (κ2) is 8.03. The van der Waals surface area contributed by atoms with Gasteiger partial charge < -0.3 is 14.5 Å². The molecule has 2 heterocycles. The fraction of sp³-hybridized carbons (Fsp3) is 0.318. The molecule has 0 radical (unpaired) electrons. The number of rotatable bonds is 4. The molecule has 1 fully saturated rings. The Morgan fingerprint density at radius 2 is 1.69 bits per heavy atom. The molecule has 0 spiro atoms. The monoisotopic (exact) mass is 456 g/mol. The Morgan fingerprint density at radius 1 is 1.00 bits per heavy atom. The van der Waals surface area contributed by atoms with E-state index < -0.39 is 27.2 Å². The predicted octanol–water partition coefficient (Wildman–Crippen LogP) is 1.34. The maximum atomic E-state index is 13.4. The van der Waals surface area contributed by atoms with E-state index in [0.717, 1.165) is 10.1 Å². The third-order valence-electron chi connectivity index (χ3n) is 5.86. The van der Waals surface area contributed by atoms with Gasteiger partial charge in [0.25, 0.3) is 0 Å². The molecule has 1 atom stereocenters. The Kier molecular flexibility index (Phi) is 5.51. The molecular formula is C22H24N4O5S. The van der Waals surface area contributed by atoms with E-state index in [1.807, 2.05) is 25.1 Å². The Hall–Kier alpha value is -3.24. The SMILES string of the molecule is Cc1cccc(NC(=O)[C@@H]2CCCN2S(=O)(=O)c2ccc3c(c2)n(C)c(=O)c(=O)n3C)c1. The zero-order chi connectivity index (χ0) is 23.2. The smallest absolute Gasteiger partial charge is 0.316 e. The molecule has 0 bridgehead atoms. The number of nitrogens with zero attached hydrogens (tertiary/aromatic N) is 3. The van der Waals surface area contributed by atoms with Gasteiger partial charge in [0.1, 0.15) is 6.04 Å². The average Bonchev–Trinajstić information content (AvgIpc) is 3.27. The van der Waals surface area contributed by atoms with Crippen LogP contribution in [-0.2, 0) is 28.9 Å². The molecule has 4 rings (SSSR count). The number of carbonyl (C=O) groups excluding carboxylic acids is 1. The maximum Gasteiger partial charge on any atom is 0.316 e. The normalized spacial score (nSPS) is 17.0. The minimum Gasteiger partial charge on any atom is -0.325 e. The van der Waals surface area contributed by atoms with Gasteiger partial charge in [-0.15, -0.1) is 0 Å². The lowest BCUT2D eigenvalue weighted by Gasteiger charge is -2.24. The topological polar surface area (TPSA) is 110 Å². The van der Waals surface area contributed by atoms with E-state index >= 15 is 0 Å². The number of fused-ring (bicyclic) bond motifs is 1. The van der Waals surface area contributed by atoms with Gasteiger partial charge in [0.2, 0.25) is 15.9 Å². The van der Waals surface area contributed by atoms with Crippen LogP contribution in [-0.4, -0.2) is 40.4 Å². The van der Waals surface area contributed by atoms with Gasteiger partial charge in [-0.1, -0.05) is 12.1 Å². The van der Waals surface area contributed by atoms with Gasteiger partial charge in [-0.25, -0.2) is 8.42 Å². The van der Waals surface area contributed by atoms with Crippen LogP contribution in [0.5, 0.6) is 0 Å². The molecule has 0 aliphatic carbocycles. The summed E-state index contributed by atoms with van der Waals surface area (Å²) >= 11 is 0. The molecule has 1 amide bonds. The zero-order valence-electron chi connectivity index (χ0n) is 18.0. The molecule has 1 aliphatic rings. The highest BCUT2D eigenvalue weighted by atomic mass is 32.2. The van der Waals surface area contributed by atoms with Crippen LogP contribution in [0, 0.1) is 6.92 Å². The summed E-state index contributed by atoms with van der Waals surface area (Å²) in [5.41, 5.74) is 0.911. The Morgan fingerprint density at radius 3 is 2.38 bits per heavy atom. The number of hydrogen-bond acceptors (Lipinski definition) is 5. The van der Waals surface area contributed by atoms with E-state index in [4.69, 9.17) is 0 Å². The molecule has 10 heteroatoms. The number of carbonyl (C=O) groups is 1. The van der Waals surface area contributed by atoms with Crippen molar-refractivity contribution in [2.45, 2.75) is 30.7 Å². The van der Waals surface area contributed by atoms with Crippen molar-refractivity contribution < 1.29 is 13.2 Å². The molecular weight excluding hydrogens is 432 g/mol. The van der Waals surface area contributed by atoms with Crippen LogP contribution in [0.3, 0.4) is 0 Å². The first-order valence-electron chi connectivity index (χ1n) is 10.2. The van der Waals surface area contributed by atoms with E-state index in [9.17, 15) is 22.8 Å². The summed E-state index contributed by atoms with van der Waals surface area (Å²) in [6, 6.07) is 10.7. The van der Waals surface area contributed by atoms with Gasteiger partial charge in [0.15, 0.2) is 0 Å². The molecule has 1 saturated heterocycles. The molecule has 2 aromatic carbocycles. The fourth-order valence-electron chi connectivity index (χ4n) is 4.10. The first-order valence-corrected chi connectivity index (χ1v) is 11.6. The fourth-order valence-corrected chi connectivity index (χ4v) is 5.77. The number of hydrogen-bond donors (Lipinski definition) is 1. The highest BCUT2D eigenvalue weighted by Gasteiger charge is 2.39. The number of amides is 1. The number of aromatic nitrogens is 2. The maximum absolute atomic E-state index is 13.4. The van der Waals surface area contributed by atoms with Crippen molar-refractivity contribution in [3.05, 3.63) is 68.7 Å². The van der Waals surface area contributed by atoms with Crippen molar-refractivity contribution in [1.29, 1.82) is 0 Å². The van der Waals surface area contributed by atoms with Crippen molar-refractivity contribution in [2.24, 2.45) is 14.1 Å². The Labute approximate surface area is 184 Å². The van der Waals surface area contributed by atoms with Gasteiger partial charge in [0.05, 0.1) is 15.9 Å². The lowest BCUT2D eigenvalue weighted by atomic mass is 10.2. The van der Waals surface area contributed by atoms with E-state index in [2.05, 4.69) is 5.32 Å². The summed E-state index contributed by atoms with van der Waals surface area (Å²) < 4.78 is 30.4. The van der Waals surface area contributed by atoms with Gasteiger partial charge in [-0.05, 0) is 55.7 Å². The minimum absolute atomic E-state index is 0.0334. The lowest BCUT2D eigenvalue weighted by Crippen LogP contribution is -2.43. The molecule has 0 saturated carbocycles. The van der Waals surface area contributed by atoms with E-state index in [1.54, 1.807) is 6.07 Å². The van der Waals surface area contributed by atoms with Crippen molar-refractivity contribution in [2.75, 3.05) is 11.9 Å². The first kappa shape index (κ1) is 22.0. The Bertz CT molecular complexity index is 1460. The third-order valence-corrected chi connectivity index (χ3v) is 7.76. The summed E-state index contributed by atoms with van der Waals surface area (Å²) in [6.07, 6.45) is 0.975. The van der Waals surface area contributed by atoms with E-state index in [-0.39, 0.29) is 17.3 Å². The van der Waals surface area contributed by atoms with E-state index in [0.29, 0.717) is 29.6 Å². The summed E-state index contributed by atoms with van der Waals surface area (Å²) in [5, 5.41) is 2.81. The summed E-state index contributed by atoms with van der Waals surface area (Å²) in [5.74, 6) is -0.382. The van der Waals surface area contributed by atoms with Gasteiger partial charge >= 0.3 is 11.1 Å². The van der Waals surface area contributed by atoms with Gasteiger partial charge in [-0.2, -0.15) is 4.31 Å². The van der Waals surface area contributed by atoms with Crippen molar-refractivity contribution in [3.8, 4) is 0 Å². The van der Waals surface area contributed by atoms with Crippen LogP contribution in [0.25, 0.3) is 11.0 Å². The second-order valence-electron chi connectivity index (χ2n) is 8.01. The number of sulfonamides is 1. The average molecular weight is 457 g/mol. The number of nitrogens with one attached hydrogen (secondary N) is 1. The molecule has 1 aliphatic heterocycles. The summed E-state index contributed by atoms with van der Waals surface area (Å²) in [6.45, 7) is 2.13. The molecule has 1 N–H and O–H groups in total. The molecule has 1 aromatic heterocycles. The molecule has 9 nitrogen and oxygen atoms in total. The Balaban J connectivity index is 1.70. The third kappa shape index (κ3) is 3.65. The van der Waals surface area contributed by atoms with Crippen LogP contribution >= 0.6 is 0 Å². The summed E-state index contributed by atoms with van der Waals surface area (Å²) in [7, 11) is -1.12. The largest absolute Gasteiger partial charge is 0.325 e. The minimum atomic E-state index is -4.01. The first-order chi connectivity index (χ1) is 15.1. The number of aryl methyl sites for hydroxylation is 3. The van der Waals surface area contributed by atoms with Crippen molar-refractivity contribution >= 4 is 32.7 Å². The highest BCUT2D eigenvalue weighted by Crippen LogP contribution is 2.28. The molecule has 168 valence electrons. The summed E-state index contributed by atoms with van der Waals surface area (Å²) in [4.78, 5) is 37.1. The van der Waals surface area contributed by atoms with Crippen LogP contribution in [0.1, 0.15) is 18.4 Å². The lowest BCUT2D eigenvalue weighted by molar-refractivity contribution is -0.119. The van der Waals surface area contributed by atoms with Crippen LogP contribution < -0.4 is 16.4 Å². The van der Waals surface area contributed by atoms with Crippen molar-refractivity contribution in [1.82, 2.24) is 13.4 Å². The van der Waals surface area contributed by atoms with Crippen LogP contribution in [0.15, 0.2) is 56.9 Å². The predicted molar refractivity (Wildman–Crippen MR) is 121 cm³/mol. The molecule has 3 aromatic rings. The molecule has 0 unspecified atom stereocenters. The van der Waals surface area contributed by atoms with Gasteiger partial charge in [0, 0.05) is 26.3 Å². The quantitative estimate of drug-likeness (QED) is 0.596. The second-order valence-corrected chi connectivity index (χ2v) is 9.90. The zero-order valence-corrected chi connectivity index (χ0v) is 18.8. The van der Waals surface area contributed by atoms with E-state index in [1.165, 1.54) is 41.2 Å². The number of benzene rings is 2. The van der Waals surface area contributed by atoms with Crippen LogP contribution in [0.4, 0.5) is 5.69 Å². The van der Waals surface area contributed by atoms with Crippen molar-refractivity contribution in [3.63, 3.8) is 0 Å². The standard InChI is InChI=1S/C22H24N4O5S/c1-14-6-4-7-15(12-14)23-20(27)18-8-5-11-26(18)32(30,31)16-9-10-17-19(13-16)25(3)22(29)21(28)24(17)2/h4,6-7,9-10,12-13,18H,5,8,11H2,1-3H3,(H,23,27)/t18-/m0/s1. The highest BCUT2D eigenvalue weighted by molar-refractivity contribution is 7.89. The van der Waals surface area contributed by atoms with Crippen LogP contribution in [0.2, 0.25) is 0 Å². The van der Waals surface area contributed by atoms with Gasteiger partial charge in [-0.3, -0.25) is 14.4 Å². The number of anilines is 1.